The number of hydrogen-bond acceptors (Lipinski definition) is 6. The van der Waals surface area contributed by atoms with Gasteiger partial charge in [-0.15, -0.1) is 0 Å². The highest BCUT2D eigenvalue weighted by molar-refractivity contribution is 7.97. The van der Waals surface area contributed by atoms with Crippen LogP contribution in [0.2, 0.25) is 0 Å². The first-order valence-corrected chi connectivity index (χ1v) is 12.4. The second-order valence-electron chi connectivity index (χ2n) is 10.3. The third-order valence-corrected chi connectivity index (χ3v) is 8.77. The molecule has 3 saturated carbocycles. The van der Waals surface area contributed by atoms with E-state index in [0.717, 1.165) is 53.8 Å². The fourth-order valence-electron chi connectivity index (χ4n) is 4.71. The van der Waals surface area contributed by atoms with Crippen LogP contribution in [-0.4, -0.2) is 53.4 Å². The van der Waals surface area contributed by atoms with E-state index in [1.54, 1.807) is 11.9 Å². The standard InChI is InChI=1S/C24H29N5O2S/c1-15-13-28(7-8-29(15)14-30)20-10-17(32-27-23(2)5-6-23)9-19-18(20)3-4-21(25-19)26-22(31)24-11-16(24)12-24/h3-4,9-10,14-16,27H,5-8,11-13H2,1-2H3,(H,25,26,31)/t15-,16?,24?/m0/s1. The number of aromatic nitrogens is 1. The molecule has 2 heterocycles. The zero-order valence-electron chi connectivity index (χ0n) is 18.6. The Morgan fingerprint density at radius 3 is 2.69 bits per heavy atom. The largest absolute Gasteiger partial charge is 0.367 e. The number of nitrogens with zero attached hydrogens (tertiary/aromatic N) is 3. The van der Waals surface area contributed by atoms with Crippen molar-refractivity contribution < 1.29 is 9.59 Å². The maximum absolute atomic E-state index is 12.6. The average Bonchev–Trinajstić information content (AvgIpc) is 3.68. The van der Waals surface area contributed by atoms with E-state index in [1.165, 1.54) is 12.8 Å². The molecule has 32 heavy (non-hydrogen) atoms. The normalized spacial score (nSPS) is 29.4. The summed E-state index contributed by atoms with van der Waals surface area (Å²) in [6.07, 6.45) is 5.41. The molecule has 1 saturated heterocycles. The number of pyridine rings is 1. The number of benzene rings is 1. The van der Waals surface area contributed by atoms with Crippen molar-refractivity contribution in [1.82, 2.24) is 14.6 Å². The fourth-order valence-corrected chi connectivity index (χ4v) is 5.62. The van der Waals surface area contributed by atoms with Gasteiger partial charge >= 0.3 is 0 Å². The quantitative estimate of drug-likeness (QED) is 0.496. The van der Waals surface area contributed by atoms with Crippen molar-refractivity contribution in [2.24, 2.45) is 11.3 Å². The Hall–Kier alpha value is -2.32. The highest BCUT2D eigenvalue weighted by Gasteiger charge is 2.74. The van der Waals surface area contributed by atoms with Crippen molar-refractivity contribution in [3.8, 4) is 0 Å². The maximum atomic E-state index is 12.6. The predicted octanol–water partition coefficient (Wildman–Crippen LogP) is 3.40. The Labute approximate surface area is 192 Å². The van der Waals surface area contributed by atoms with Crippen molar-refractivity contribution in [3.63, 3.8) is 0 Å². The zero-order valence-corrected chi connectivity index (χ0v) is 19.4. The molecule has 1 aromatic carbocycles. The molecule has 2 aromatic rings. The second-order valence-corrected chi connectivity index (χ2v) is 11.2. The van der Waals surface area contributed by atoms with Gasteiger partial charge in [-0.2, -0.15) is 0 Å². The van der Waals surface area contributed by atoms with Gasteiger partial charge < -0.3 is 15.1 Å². The SMILES string of the molecule is C[C@H]1CN(c2cc(SNC3(C)CC3)cc3nc(NC(=O)C45CC4C5)ccc23)CCN1C=O. The fraction of sp³-hybridized carbons (Fsp3) is 0.542. The number of nitrogens with one attached hydrogen (secondary N) is 2. The number of carbonyl (C=O) groups excluding carboxylic acids is 2. The molecule has 7 nitrogen and oxygen atoms in total. The van der Waals surface area contributed by atoms with Crippen LogP contribution < -0.4 is 14.9 Å². The van der Waals surface area contributed by atoms with E-state index < -0.39 is 0 Å². The summed E-state index contributed by atoms with van der Waals surface area (Å²) in [5, 5.41) is 4.13. The molecule has 6 rings (SSSR count). The van der Waals surface area contributed by atoms with Crippen molar-refractivity contribution >= 4 is 46.7 Å². The van der Waals surface area contributed by atoms with E-state index in [-0.39, 0.29) is 22.9 Å². The Morgan fingerprint density at radius 2 is 2.03 bits per heavy atom. The first-order valence-electron chi connectivity index (χ1n) is 11.6. The zero-order chi connectivity index (χ0) is 22.1. The molecule has 0 radical (unpaired) electrons. The lowest BCUT2D eigenvalue weighted by Gasteiger charge is -2.39. The van der Waals surface area contributed by atoms with E-state index in [1.807, 2.05) is 11.0 Å². The summed E-state index contributed by atoms with van der Waals surface area (Å²) < 4.78 is 3.60. The lowest BCUT2D eigenvalue weighted by atomic mass is 10.1. The van der Waals surface area contributed by atoms with Crippen LogP contribution >= 0.6 is 11.9 Å². The van der Waals surface area contributed by atoms with Crippen LogP contribution in [0.15, 0.2) is 29.2 Å². The molecule has 4 fully saturated rings. The van der Waals surface area contributed by atoms with Crippen molar-refractivity contribution in [2.75, 3.05) is 29.9 Å². The Bertz CT molecular complexity index is 1110. The van der Waals surface area contributed by atoms with Gasteiger partial charge in [-0.05, 0) is 81.7 Å². The van der Waals surface area contributed by atoms with Gasteiger partial charge in [-0.1, -0.05) is 0 Å². The van der Waals surface area contributed by atoms with E-state index in [9.17, 15) is 9.59 Å². The molecule has 1 atom stereocenters. The van der Waals surface area contributed by atoms with Crippen molar-refractivity contribution in [2.45, 2.75) is 56.0 Å². The monoisotopic (exact) mass is 451 g/mol. The van der Waals surface area contributed by atoms with Crippen molar-refractivity contribution in [1.29, 1.82) is 0 Å². The molecule has 2 amide bonds. The van der Waals surface area contributed by atoms with Gasteiger partial charge in [0, 0.05) is 47.2 Å². The van der Waals surface area contributed by atoms with Gasteiger partial charge in [-0.25, -0.2) is 4.98 Å². The Balaban J connectivity index is 1.32. The summed E-state index contributed by atoms with van der Waals surface area (Å²) in [5.74, 6) is 1.37. The molecule has 3 aliphatic carbocycles. The number of fused-ring (bicyclic) bond motifs is 2. The van der Waals surface area contributed by atoms with Crippen LogP contribution in [-0.2, 0) is 9.59 Å². The highest BCUT2D eigenvalue weighted by Crippen LogP contribution is 2.75. The molecule has 2 N–H and O–H groups in total. The first-order chi connectivity index (χ1) is 15.4. The van der Waals surface area contributed by atoms with Gasteiger partial charge in [0.15, 0.2) is 0 Å². The number of piperazine rings is 1. The first kappa shape index (κ1) is 20.3. The van der Waals surface area contributed by atoms with Crippen LogP contribution in [0.3, 0.4) is 0 Å². The molecule has 1 aromatic heterocycles. The molecule has 1 aliphatic heterocycles. The van der Waals surface area contributed by atoms with Gasteiger partial charge in [0.25, 0.3) is 0 Å². The lowest BCUT2D eigenvalue weighted by Crippen LogP contribution is -2.51. The van der Waals surface area contributed by atoms with Gasteiger partial charge in [0.2, 0.25) is 12.3 Å². The summed E-state index contributed by atoms with van der Waals surface area (Å²) in [5.41, 5.74) is 2.17. The van der Waals surface area contributed by atoms with E-state index in [4.69, 9.17) is 4.98 Å². The number of rotatable bonds is 7. The minimum Gasteiger partial charge on any atom is -0.367 e. The summed E-state index contributed by atoms with van der Waals surface area (Å²) >= 11 is 1.66. The molecular formula is C24H29N5O2S. The Morgan fingerprint density at radius 1 is 1.25 bits per heavy atom. The molecule has 8 heteroatoms. The number of amides is 2. The highest BCUT2D eigenvalue weighted by atomic mass is 32.2. The Kier molecular flexibility index (Phi) is 4.50. The maximum Gasteiger partial charge on any atom is 0.232 e. The molecule has 168 valence electrons. The third-order valence-electron chi connectivity index (χ3n) is 7.71. The smallest absolute Gasteiger partial charge is 0.232 e. The van der Waals surface area contributed by atoms with Gasteiger partial charge in [0.05, 0.1) is 10.9 Å². The minimum atomic E-state index is -0.0719. The summed E-state index contributed by atoms with van der Waals surface area (Å²) in [4.78, 5) is 34.1. The predicted molar refractivity (Wildman–Crippen MR) is 127 cm³/mol. The molecule has 0 unspecified atom stereocenters. The van der Waals surface area contributed by atoms with Crippen LogP contribution in [0.4, 0.5) is 11.5 Å². The molecular weight excluding hydrogens is 422 g/mol. The summed E-state index contributed by atoms with van der Waals surface area (Å²) in [6.45, 7) is 6.63. The number of anilines is 2. The van der Waals surface area contributed by atoms with Crippen LogP contribution in [0.5, 0.6) is 0 Å². The van der Waals surface area contributed by atoms with Gasteiger partial charge in [-0.3, -0.25) is 14.3 Å². The second kappa shape index (κ2) is 7.09. The number of carbonyl (C=O) groups is 2. The van der Waals surface area contributed by atoms with Gasteiger partial charge in [0.1, 0.15) is 5.82 Å². The van der Waals surface area contributed by atoms with Crippen LogP contribution in [0, 0.1) is 11.3 Å². The van der Waals surface area contributed by atoms with Crippen LogP contribution in [0.1, 0.15) is 39.5 Å². The molecule has 0 bridgehead atoms. The van der Waals surface area contributed by atoms with E-state index >= 15 is 0 Å². The topological polar surface area (TPSA) is 77.6 Å². The molecule has 0 spiro atoms. The summed E-state index contributed by atoms with van der Waals surface area (Å²) in [6, 6.07) is 8.49. The lowest BCUT2D eigenvalue weighted by molar-refractivity contribution is -0.120. The minimum absolute atomic E-state index is 0.0719. The van der Waals surface area contributed by atoms with Crippen LogP contribution in [0.25, 0.3) is 10.9 Å². The average molecular weight is 452 g/mol. The third kappa shape index (κ3) is 3.53. The molecule has 4 aliphatic rings. The summed E-state index contributed by atoms with van der Waals surface area (Å²) in [7, 11) is 0. The number of hydrogen-bond donors (Lipinski definition) is 2. The van der Waals surface area contributed by atoms with E-state index in [2.05, 4.69) is 47.0 Å². The van der Waals surface area contributed by atoms with E-state index in [0.29, 0.717) is 18.3 Å². The van der Waals surface area contributed by atoms with Crippen molar-refractivity contribution in [3.05, 3.63) is 24.3 Å².